The summed E-state index contributed by atoms with van der Waals surface area (Å²) in [6.07, 6.45) is 1.46. The van der Waals surface area contributed by atoms with E-state index in [-0.39, 0.29) is 12.0 Å². The van der Waals surface area contributed by atoms with Crippen LogP contribution in [-0.4, -0.2) is 24.7 Å². The van der Waals surface area contributed by atoms with Crippen LogP contribution in [0.3, 0.4) is 0 Å². The second-order valence-electron chi connectivity index (χ2n) is 6.65. The van der Waals surface area contributed by atoms with E-state index in [2.05, 4.69) is 0 Å². The van der Waals surface area contributed by atoms with Gasteiger partial charge in [-0.3, -0.25) is 4.79 Å². The third-order valence-electron chi connectivity index (χ3n) is 4.72. The molecule has 6 heteroatoms. The minimum atomic E-state index is -3.45. The van der Waals surface area contributed by atoms with Gasteiger partial charge in [0.15, 0.2) is 0 Å². The maximum atomic E-state index is 13.2. The topological polar surface area (TPSA) is 63.7 Å². The molecule has 0 amide bonds. The Labute approximate surface area is 154 Å². The molecule has 2 aromatic carbocycles. The first kappa shape index (κ1) is 18.6. The van der Waals surface area contributed by atoms with Crippen molar-refractivity contribution in [2.75, 3.05) is 0 Å². The fraction of sp³-hybridized carbons (Fsp3) is 0.350. The van der Waals surface area contributed by atoms with Crippen LogP contribution in [0.15, 0.2) is 54.6 Å². The number of esters is 1. The Balaban J connectivity index is 1.82. The third-order valence-corrected chi connectivity index (χ3v) is 7.09. The molecule has 3 rings (SSSR count). The zero-order valence-corrected chi connectivity index (χ0v) is 15.8. The summed E-state index contributed by atoms with van der Waals surface area (Å²) in [4.78, 5) is 11.0. The first-order chi connectivity index (χ1) is 12.4. The fourth-order valence-electron chi connectivity index (χ4n) is 3.36. The summed E-state index contributed by atoms with van der Waals surface area (Å²) in [6.45, 7) is 3.61. The number of hydrogen-bond donors (Lipinski definition) is 0. The molecule has 1 saturated heterocycles. The van der Waals surface area contributed by atoms with Crippen molar-refractivity contribution in [1.82, 2.24) is 4.31 Å². The molecule has 2 aromatic rings. The van der Waals surface area contributed by atoms with Crippen molar-refractivity contribution in [3.63, 3.8) is 0 Å². The van der Waals surface area contributed by atoms with Gasteiger partial charge in [0.1, 0.15) is 11.0 Å². The van der Waals surface area contributed by atoms with Gasteiger partial charge in [-0.15, -0.1) is 0 Å². The number of rotatable bonds is 4. The predicted octanol–water partition coefficient (Wildman–Crippen LogP) is 3.67. The summed E-state index contributed by atoms with van der Waals surface area (Å²) in [5.41, 5.74) is 1.71. The van der Waals surface area contributed by atoms with Crippen molar-refractivity contribution in [1.29, 1.82) is 0 Å². The SMILES string of the molecule is CC(=O)Oc1ccc(CN2C(C)CCC(c3ccccc3)S2(=O)=O)cc1. The van der Waals surface area contributed by atoms with Crippen LogP contribution in [0.1, 0.15) is 43.1 Å². The molecular formula is C20H23NO4S. The van der Waals surface area contributed by atoms with E-state index >= 15 is 0 Å². The molecule has 2 atom stereocenters. The summed E-state index contributed by atoms with van der Waals surface area (Å²) in [5.74, 6) is 0.0774. The highest BCUT2D eigenvalue weighted by atomic mass is 32.2. The lowest BCUT2D eigenvalue weighted by Gasteiger charge is -2.37. The highest BCUT2D eigenvalue weighted by Crippen LogP contribution is 2.38. The predicted molar refractivity (Wildman–Crippen MR) is 100 cm³/mol. The molecule has 5 nitrogen and oxygen atoms in total. The lowest BCUT2D eigenvalue weighted by molar-refractivity contribution is -0.131. The second-order valence-corrected chi connectivity index (χ2v) is 8.72. The van der Waals surface area contributed by atoms with E-state index in [1.54, 1.807) is 28.6 Å². The molecule has 0 aromatic heterocycles. The zero-order valence-electron chi connectivity index (χ0n) is 15.0. The number of hydrogen-bond acceptors (Lipinski definition) is 4. The van der Waals surface area contributed by atoms with Gasteiger partial charge in [0, 0.05) is 19.5 Å². The molecule has 0 aliphatic carbocycles. The largest absolute Gasteiger partial charge is 0.427 e. The van der Waals surface area contributed by atoms with E-state index in [0.717, 1.165) is 17.5 Å². The van der Waals surface area contributed by atoms with Gasteiger partial charge in [-0.2, -0.15) is 4.31 Å². The van der Waals surface area contributed by atoms with E-state index in [1.807, 2.05) is 37.3 Å². The van der Waals surface area contributed by atoms with Crippen molar-refractivity contribution in [3.05, 3.63) is 65.7 Å². The molecule has 2 unspecified atom stereocenters. The van der Waals surface area contributed by atoms with E-state index in [4.69, 9.17) is 4.74 Å². The molecule has 0 bridgehead atoms. The van der Waals surface area contributed by atoms with E-state index in [0.29, 0.717) is 18.7 Å². The van der Waals surface area contributed by atoms with Gasteiger partial charge in [0.05, 0.1) is 0 Å². The summed E-state index contributed by atoms with van der Waals surface area (Å²) < 4.78 is 33.0. The van der Waals surface area contributed by atoms with Gasteiger partial charge in [0.2, 0.25) is 10.0 Å². The van der Waals surface area contributed by atoms with Gasteiger partial charge in [-0.05, 0) is 43.0 Å². The van der Waals surface area contributed by atoms with Crippen LogP contribution in [0.25, 0.3) is 0 Å². The maximum absolute atomic E-state index is 13.2. The summed E-state index contributed by atoms with van der Waals surface area (Å²) in [7, 11) is -3.45. The Bertz CT molecular complexity index is 862. The molecule has 0 saturated carbocycles. The normalized spacial score (nSPS) is 22.7. The van der Waals surface area contributed by atoms with Crippen molar-refractivity contribution in [2.45, 2.75) is 44.5 Å². The van der Waals surface area contributed by atoms with Crippen LogP contribution in [0.4, 0.5) is 0 Å². The van der Waals surface area contributed by atoms with Gasteiger partial charge in [0.25, 0.3) is 0 Å². The average Bonchev–Trinajstić information content (AvgIpc) is 2.60. The lowest BCUT2D eigenvalue weighted by atomic mass is 10.0. The van der Waals surface area contributed by atoms with Crippen LogP contribution in [0, 0.1) is 0 Å². The number of sulfonamides is 1. The molecule has 1 aliphatic rings. The number of ether oxygens (including phenoxy) is 1. The Morgan fingerprint density at radius 1 is 1.08 bits per heavy atom. The second kappa shape index (κ2) is 7.60. The van der Waals surface area contributed by atoms with Crippen LogP contribution >= 0.6 is 0 Å². The molecule has 0 radical (unpaired) electrons. The standard InChI is InChI=1S/C20H23NO4S/c1-15-8-13-20(18-6-4-3-5-7-18)26(23,24)21(15)14-17-9-11-19(12-10-17)25-16(2)22/h3-7,9-12,15,20H,8,13-14H2,1-2H3. The smallest absolute Gasteiger partial charge is 0.308 e. The molecule has 0 N–H and O–H groups in total. The number of nitrogens with zero attached hydrogens (tertiary/aromatic N) is 1. The number of carbonyl (C=O) groups is 1. The monoisotopic (exact) mass is 373 g/mol. The fourth-order valence-corrected chi connectivity index (χ4v) is 5.56. The molecule has 138 valence electrons. The van der Waals surface area contributed by atoms with Crippen molar-refractivity contribution in [2.24, 2.45) is 0 Å². The summed E-state index contributed by atoms with van der Waals surface area (Å²) in [6, 6.07) is 16.3. The van der Waals surface area contributed by atoms with Gasteiger partial charge < -0.3 is 4.74 Å². The van der Waals surface area contributed by atoms with E-state index < -0.39 is 15.3 Å². The highest BCUT2D eigenvalue weighted by Gasteiger charge is 2.40. The first-order valence-corrected chi connectivity index (χ1v) is 10.2. The minimum absolute atomic E-state index is 0.0480. The molecular weight excluding hydrogens is 350 g/mol. The molecule has 1 heterocycles. The third kappa shape index (κ3) is 3.97. The first-order valence-electron chi connectivity index (χ1n) is 8.71. The Morgan fingerprint density at radius 3 is 2.35 bits per heavy atom. The van der Waals surface area contributed by atoms with Gasteiger partial charge in [-0.25, -0.2) is 8.42 Å². The van der Waals surface area contributed by atoms with Crippen molar-refractivity contribution < 1.29 is 17.9 Å². The minimum Gasteiger partial charge on any atom is -0.427 e. The highest BCUT2D eigenvalue weighted by molar-refractivity contribution is 7.89. The average molecular weight is 373 g/mol. The van der Waals surface area contributed by atoms with Crippen LogP contribution in [0.2, 0.25) is 0 Å². The van der Waals surface area contributed by atoms with Gasteiger partial charge >= 0.3 is 5.97 Å². The van der Waals surface area contributed by atoms with Crippen molar-refractivity contribution in [3.8, 4) is 5.75 Å². The van der Waals surface area contributed by atoms with E-state index in [1.165, 1.54) is 6.92 Å². The van der Waals surface area contributed by atoms with Gasteiger partial charge in [-0.1, -0.05) is 42.5 Å². The maximum Gasteiger partial charge on any atom is 0.308 e. The molecule has 0 spiro atoms. The lowest BCUT2D eigenvalue weighted by Crippen LogP contribution is -2.44. The Hall–Kier alpha value is -2.18. The Kier molecular flexibility index (Phi) is 5.44. The van der Waals surface area contributed by atoms with E-state index in [9.17, 15) is 13.2 Å². The molecule has 1 aliphatic heterocycles. The van der Waals surface area contributed by atoms with Crippen LogP contribution < -0.4 is 4.74 Å². The van der Waals surface area contributed by atoms with Crippen LogP contribution in [0.5, 0.6) is 5.75 Å². The summed E-state index contributed by atoms with van der Waals surface area (Å²) >= 11 is 0. The molecule has 1 fully saturated rings. The Morgan fingerprint density at radius 2 is 1.73 bits per heavy atom. The summed E-state index contributed by atoms with van der Waals surface area (Å²) in [5, 5.41) is -0.500. The quantitative estimate of drug-likeness (QED) is 0.606. The zero-order chi connectivity index (χ0) is 18.7. The van der Waals surface area contributed by atoms with Crippen LogP contribution in [-0.2, 0) is 21.4 Å². The number of carbonyl (C=O) groups excluding carboxylic acids is 1. The van der Waals surface area contributed by atoms with Crippen molar-refractivity contribution >= 4 is 16.0 Å². The number of benzene rings is 2. The molecule has 26 heavy (non-hydrogen) atoms.